The van der Waals surface area contributed by atoms with Gasteiger partial charge in [0.1, 0.15) is 11.8 Å². The molecule has 0 bridgehead atoms. The molecule has 2 aromatic rings. The number of hydrogen-bond acceptors (Lipinski definition) is 4. The maximum absolute atomic E-state index is 12.3. The molecule has 1 aromatic carbocycles. The van der Waals surface area contributed by atoms with Crippen molar-refractivity contribution in [1.29, 1.82) is 5.26 Å². The summed E-state index contributed by atoms with van der Waals surface area (Å²) in [6.07, 6.45) is 3.77. The van der Waals surface area contributed by atoms with Crippen molar-refractivity contribution >= 4 is 11.6 Å². The lowest BCUT2D eigenvalue weighted by molar-refractivity contribution is 0.101. The minimum absolute atomic E-state index is 0.320. The number of carbonyl (C=O) groups is 1. The number of nitrogens with one attached hydrogen (secondary N) is 1. The quantitative estimate of drug-likeness (QED) is 0.907. The molecule has 0 atom stereocenters. The van der Waals surface area contributed by atoms with Crippen molar-refractivity contribution in [3.05, 3.63) is 46.8 Å². The second kappa shape index (κ2) is 5.17. The summed E-state index contributed by atoms with van der Waals surface area (Å²) in [7, 11) is 0. The first-order valence-electron chi connectivity index (χ1n) is 6.57. The summed E-state index contributed by atoms with van der Waals surface area (Å²) < 4.78 is 5.23. The Balaban J connectivity index is 1.87. The number of amides is 1. The standard InChI is InChI=1S/C15H13N3O2/c16-9-10-5-1-3-7-12(10)17-15(19)14-11-6-2-4-8-13(11)20-18-14/h1,3,5,7H,2,4,6,8H2,(H,17,19). The Hall–Kier alpha value is -2.61. The van der Waals surface area contributed by atoms with Crippen LogP contribution in [-0.2, 0) is 12.8 Å². The Morgan fingerprint density at radius 2 is 2.10 bits per heavy atom. The lowest BCUT2D eigenvalue weighted by atomic mass is 9.96. The van der Waals surface area contributed by atoms with Crippen molar-refractivity contribution in [3.63, 3.8) is 0 Å². The van der Waals surface area contributed by atoms with Gasteiger partial charge in [-0.25, -0.2) is 0 Å². The van der Waals surface area contributed by atoms with E-state index in [9.17, 15) is 4.79 Å². The molecule has 1 aliphatic carbocycles. The summed E-state index contributed by atoms with van der Waals surface area (Å²) in [6.45, 7) is 0. The van der Waals surface area contributed by atoms with Crippen LogP contribution in [0.1, 0.15) is 40.2 Å². The molecular formula is C15H13N3O2. The first-order valence-corrected chi connectivity index (χ1v) is 6.57. The van der Waals surface area contributed by atoms with Gasteiger partial charge in [-0.1, -0.05) is 17.3 Å². The highest BCUT2D eigenvalue weighted by Crippen LogP contribution is 2.25. The minimum atomic E-state index is -0.320. The van der Waals surface area contributed by atoms with Crippen molar-refractivity contribution in [2.45, 2.75) is 25.7 Å². The molecule has 5 heteroatoms. The van der Waals surface area contributed by atoms with Gasteiger partial charge in [-0.05, 0) is 31.4 Å². The van der Waals surface area contributed by atoms with Crippen molar-refractivity contribution in [3.8, 4) is 6.07 Å². The molecule has 1 heterocycles. The molecule has 0 unspecified atom stereocenters. The average Bonchev–Trinajstić information content (AvgIpc) is 2.92. The molecule has 1 amide bonds. The number of nitriles is 1. The first kappa shape index (κ1) is 12.4. The van der Waals surface area contributed by atoms with Crippen LogP contribution in [0, 0.1) is 11.3 Å². The molecule has 20 heavy (non-hydrogen) atoms. The van der Waals surface area contributed by atoms with E-state index in [0.717, 1.165) is 37.0 Å². The molecule has 3 rings (SSSR count). The van der Waals surface area contributed by atoms with Gasteiger partial charge in [0.15, 0.2) is 5.69 Å². The van der Waals surface area contributed by atoms with Crippen molar-refractivity contribution in [2.75, 3.05) is 5.32 Å². The number of para-hydroxylation sites is 1. The molecule has 1 aromatic heterocycles. The Morgan fingerprint density at radius 3 is 2.95 bits per heavy atom. The maximum Gasteiger partial charge on any atom is 0.278 e. The third-order valence-corrected chi connectivity index (χ3v) is 3.46. The van der Waals surface area contributed by atoms with Crippen LogP contribution in [0.5, 0.6) is 0 Å². The van der Waals surface area contributed by atoms with Crippen LogP contribution in [0.3, 0.4) is 0 Å². The van der Waals surface area contributed by atoms with Gasteiger partial charge in [0.2, 0.25) is 0 Å². The summed E-state index contributed by atoms with van der Waals surface area (Å²) in [4.78, 5) is 12.3. The SMILES string of the molecule is N#Cc1ccccc1NC(=O)c1noc2c1CCCC2. The lowest BCUT2D eigenvalue weighted by Gasteiger charge is -2.09. The fourth-order valence-corrected chi connectivity index (χ4v) is 2.43. The summed E-state index contributed by atoms with van der Waals surface area (Å²) in [5.41, 5.74) is 2.17. The van der Waals surface area contributed by atoms with E-state index in [1.165, 1.54) is 0 Å². The van der Waals surface area contributed by atoms with Crippen molar-refractivity contribution in [1.82, 2.24) is 5.16 Å². The third kappa shape index (κ3) is 2.16. The Bertz CT molecular complexity index is 697. The molecule has 5 nitrogen and oxygen atoms in total. The van der Waals surface area contributed by atoms with E-state index in [1.807, 2.05) is 6.07 Å². The van der Waals surface area contributed by atoms with Crippen LogP contribution in [0.25, 0.3) is 0 Å². The fourth-order valence-electron chi connectivity index (χ4n) is 2.43. The van der Waals surface area contributed by atoms with Gasteiger partial charge in [-0.3, -0.25) is 4.79 Å². The summed E-state index contributed by atoms with van der Waals surface area (Å²) in [5, 5.41) is 15.6. The van der Waals surface area contributed by atoms with E-state index < -0.39 is 0 Å². The second-order valence-electron chi connectivity index (χ2n) is 4.75. The van der Waals surface area contributed by atoms with Gasteiger partial charge < -0.3 is 9.84 Å². The third-order valence-electron chi connectivity index (χ3n) is 3.46. The monoisotopic (exact) mass is 267 g/mol. The van der Waals surface area contributed by atoms with Crippen LogP contribution in [0.4, 0.5) is 5.69 Å². The summed E-state index contributed by atoms with van der Waals surface area (Å²) >= 11 is 0. The normalized spacial score (nSPS) is 13.3. The lowest BCUT2D eigenvalue weighted by Crippen LogP contribution is -2.16. The molecule has 1 aliphatic rings. The number of nitrogens with zero attached hydrogens (tertiary/aromatic N) is 2. The number of aromatic nitrogens is 1. The highest BCUT2D eigenvalue weighted by atomic mass is 16.5. The van der Waals surface area contributed by atoms with E-state index in [2.05, 4.69) is 10.5 Å². The zero-order chi connectivity index (χ0) is 13.9. The van der Waals surface area contributed by atoms with Gasteiger partial charge in [0, 0.05) is 12.0 Å². The van der Waals surface area contributed by atoms with Crippen LogP contribution in [-0.4, -0.2) is 11.1 Å². The predicted octanol–water partition coefficient (Wildman–Crippen LogP) is 2.68. The van der Waals surface area contributed by atoms with Crippen LogP contribution >= 0.6 is 0 Å². The molecule has 1 N–H and O–H groups in total. The Morgan fingerprint density at radius 1 is 1.30 bits per heavy atom. The van der Waals surface area contributed by atoms with Gasteiger partial charge in [0.05, 0.1) is 11.3 Å². The minimum Gasteiger partial charge on any atom is -0.360 e. The fraction of sp³-hybridized carbons (Fsp3) is 0.267. The number of rotatable bonds is 2. The molecular weight excluding hydrogens is 254 g/mol. The van der Waals surface area contributed by atoms with Crippen molar-refractivity contribution in [2.24, 2.45) is 0 Å². The van der Waals surface area contributed by atoms with Gasteiger partial charge in [0.25, 0.3) is 5.91 Å². The molecule has 0 saturated heterocycles. The first-order chi connectivity index (χ1) is 9.79. The predicted molar refractivity (Wildman–Crippen MR) is 72.3 cm³/mol. The molecule has 100 valence electrons. The van der Waals surface area contributed by atoms with Crippen LogP contribution in [0.2, 0.25) is 0 Å². The molecule has 0 spiro atoms. The van der Waals surface area contributed by atoms with Gasteiger partial charge in [-0.2, -0.15) is 5.26 Å². The highest BCUT2D eigenvalue weighted by Gasteiger charge is 2.24. The van der Waals surface area contributed by atoms with Crippen molar-refractivity contribution < 1.29 is 9.32 Å². The number of fused-ring (bicyclic) bond motifs is 1. The topological polar surface area (TPSA) is 78.9 Å². The molecule has 0 saturated carbocycles. The van der Waals surface area contributed by atoms with E-state index in [0.29, 0.717) is 16.9 Å². The zero-order valence-corrected chi connectivity index (χ0v) is 10.8. The van der Waals surface area contributed by atoms with E-state index >= 15 is 0 Å². The number of hydrogen-bond donors (Lipinski definition) is 1. The number of benzene rings is 1. The average molecular weight is 267 g/mol. The second-order valence-corrected chi connectivity index (χ2v) is 4.75. The van der Waals surface area contributed by atoms with Gasteiger partial charge in [-0.15, -0.1) is 0 Å². The number of carbonyl (C=O) groups excluding carboxylic acids is 1. The van der Waals surface area contributed by atoms with Crippen LogP contribution < -0.4 is 5.32 Å². The smallest absolute Gasteiger partial charge is 0.278 e. The molecule has 0 aliphatic heterocycles. The highest BCUT2D eigenvalue weighted by molar-refractivity contribution is 6.04. The van der Waals surface area contributed by atoms with E-state index in [4.69, 9.17) is 9.78 Å². The maximum atomic E-state index is 12.3. The number of aryl methyl sites for hydroxylation is 1. The molecule has 0 fully saturated rings. The van der Waals surface area contributed by atoms with E-state index in [-0.39, 0.29) is 5.91 Å². The number of anilines is 1. The zero-order valence-electron chi connectivity index (χ0n) is 10.8. The van der Waals surface area contributed by atoms with Gasteiger partial charge >= 0.3 is 0 Å². The largest absolute Gasteiger partial charge is 0.360 e. The Labute approximate surface area is 116 Å². The summed E-state index contributed by atoms with van der Waals surface area (Å²) in [5.74, 6) is 0.495. The Kier molecular flexibility index (Phi) is 3.21. The van der Waals surface area contributed by atoms with E-state index in [1.54, 1.807) is 24.3 Å². The van der Waals surface area contributed by atoms with Crippen LogP contribution in [0.15, 0.2) is 28.8 Å². The molecule has 0 radical (unpaired) electrons. The summed E-state index contributed by atoms with van der Waals surface area (Å²) in [6, 6.07) is 8.94.